The highest BCUT2D eigenvalue weighted by atomic mass is 16.3. The highest BCUT2D eigenvalue weighted by Crippen LogP contribution is 2.18. The zero-order valence-electron chi connectivity index (χ0n) is 10.9. The fraction of sp³-hybridized carbons (Fsp3) is 0.400. The number of aliphatic hydroxyl groups excluding tert-OH is 1. The van der Waals surface area contributed by atoms with Crippen LogP contribution in [0.5, 0.6) is 0 Å². The molecule has 1 amide bonds. The Hall–Kier alpha value is -1.81. The van der Waals surface area contributed by atoms with E-state index in [1.165, 1.54) is 6.08 Å². The number of carbonyl (C=O) groups excluding carboxylic acids is 1. The molecule has 19 heavy (non-hydrogen) atoms. The van der Waals surface area contributed by atoms with Crippen molar-refractivity contribution < 1.29 is 9.90 Å². The van der Waals surface area contributed by atoms with Crippen LogP contribution in [0.1, 0.15) is 31.2 Å². The van der Waals surface area contributed by atoms with Crippen LogP contribution in [0.4, 0.5) is 5.69 Å². The van der Waals surface area contributed by atoms with E-state index in [0.717, 1.165) is 31.2 Å². The lowest BCUT2D eigenvalue weighted by Gasteiger charge is -2.27. The van der Waals surface area contributed by atoms with Crippen molar-refractivity contribution in [3.63, 3.8) is 0 Å². The number of carbonyl (C=O) groups is 1. The smallest absolute Gasteiger partial charge is 0.244 e. The molecular formula is C15H20N2O2. The van der Waals surface area contributed by atoms with Crippen molar-refractivity contribution in [2.45, 2.75) is 37.8 Å². The first kappa shape index (κ1) is 13.6. The molecule has 0 aliphatic heterocycles. The summed E-state index contributed by atoms with van der Waals surface area (Å²) in [7, 11) is 0. The molecule has 0 bridgehead atoms. The third kappa shape index (κ3) is 4.10. The third-order valence-corrected chi connectivity index (χ3v) is 3.39. The fourth-order valence-electron chi connectivity index (χ4n) is 2.35. The lowest BCUT2D eigenvalue weighted by Crippen LogP contribution is -2.44. The molecular weight excluding hydrogens is 240 g/mol. The second-order valence-corrected chi connectivity index (χ2v) is 4.97. The Labute approximate surface area is 113 Å². The number of benzene rings is 1. The van der Waals surface area contributed by atoms with Crippen molar-refractivity contribution in [3.8, 4) is 0 Å². The van der Waals surface area contributed by atoms with Crippen molar-refractivity contribution in [3.05, 3.63) is 35.9 Å². The van der Waals surface area contributed by atoms with E-state index in [4.69, 9.17) is 5.73 Å². The number of rotatable bonds is 3. The Bertz CT molecular complexity index is 471. The van der Waals surface area contributed by atoms with Crippen LogP contribution in [0.2, 0.25) is 0 Å². The second-order valence-electron chi connectivity index (χ2n) is 4.97. The summed E-state index contributed by atoms with van der Waals surface area (Å²) in [5, 5.41) is 12.6. The van der Waals surface area contributed by atoms with Gasteiger partial charge in [-0.3, -0.25) is 4.79 Å². The predicted molar refractivity (Wildman–Crippen MR) is 76.3 cm³/mol. The summed E-state index contributed by atoms with van der Waals surface area (Å²) in [6.45, 7) is 0. The number of nitrogens with two attached hydrogens (primary N) is 1. The van der Waals surface area contributed by atoms with E-state index >= 15 is 0 Å². The van der Waals surface area contributed by atoms with E-state index in [1.807, 2.05) is 12.1 Å². The van der Waals surface area contributed by atoms with Gasteiger partial charge in [0, 0.05) is 11.8 Å². The van der Waals surface area contributed by atoms with Crippen LogP contribution >= 0.6 is 0 Å². The van der Waals surface area contributed by atoms with Crippen LogP contribution in [0, 0.1) is 0 Å². The van der Waals surface area contributed by atoms with Crippen LogP contribution < -0.4 is 11.1 Å². The Kier molecular flexibility index (Phi) is 4.58. The Morgan fingerprint density at radius 3 is 2.89 bits per heavy atom. The molecule has 4 nitrogen and oxygen atoms in total. The first-order chi connectivity index (χ1) is 9.15. The highest BCUT2D eigenvalue weighted by molar-refractivity contribution is 5.92. The average Bonchev–Trinajstić information content (AvgIpc) is 2.39. The van der Waals surface area contributed by atoms with Gasteiger partial charge in [0.05, 0.1) is 12.1 Å². The number of aliphatic hydroxyl groups is 1. The summed E-state index contributed by atoms with van der Waals surface area (Å²) < 4.78 is 0. The van der Waals surface area contributed by atoms with E-state index in [1.54, 1.807) is 18.2 Å². The minimum atomic E-state index is -0.418. The van der Waals surface area contributed by atoms with Crippen LogP contribution in [-0.4, -0.2) is 23.2 Å². The number of hydrogen-bond donors (Lipinski definition) is 3. The van der Waals surface area contributed by atoms with Crippen molar-refractivity contribution in [2.24, 2.45) is 0 Å². The molecule has 1 saturated carbocycles. The zero-order valence-corrected chi connectivity index (χ0v) is 10.9. The molecule has 1 fully saturated rings. The molecule has 4 heteroatoms. The van der Waals surface area contributed by atoms with Crippen molar-refractivity contribution in [1.29, 1.82) is 0 Å². The molecule has 1 aliphatic rings. The number of anilines is 1. The molecule has 0 saturated heterocycles. The van der Waals surface area contributed by atoms with Crippen molar-refractivity contribution >= 4 is 17.7 Å². The Morgan fingerprint density at radius 2 is 2.16 bits per heavy atom. The van der Waals surface area contributed by atoms with Crippen molar-refractivity contribution in [1.82, 2.24) is 5.32 Å². The van der Waals surface area contributed by atoms with Crippen LogP contribution in [0.25, 0.3) is 6.08 Å². The number of amides is 1. The summed E-state index contributed by atoms with van der Waals surface area (Å²) in [6, 6.07) is 7.22. The van der Waals surface area contributed by atoms with E-state index in [0.29, 0.717) is 5.69 Å². The lowest BCUT2D eigenvalue weighted by molar-refractivity contribution is -0.118. The summed E-state index contributed by atoms with van der Waals surface area (Å²) in [5.41, 5.74) is 7.22. The molecule has 4 N–H and O–H groups in total. The average molecular weight is 260 g/mol. The van der Waals surface area contributed by atoms with Gasteiger partial charge in [-0.1, -0.05) is 25.0 Å². The van der Waals surface area contributed by atoms with Gasteiger partial charge in [0.1, 0.15) is 0 Å². The van der Waals surface area contributed by atoms with Gasteiger partial charge in [0.15, 0.2) is 0 Å². The minimum absolute atomic E-state index is 0.119. The molecule has 102 valence electrons. The zero-order chi connectivity index (χ0) is 13.7. The Balaban J connectivity index is 1.90. The highest BCUT2D eigenvalue weighted by Gasteiger charge is 2.23. The maximum Gasteiger partial charge on any atom is 0.244 e. The molecule has 1 aromatic rings. The van der Waals surface area contributed by atoms with E-state index < -0.39 is 6.10 Å². The van der Waals surface area contributed by atoms with Gasteiger partial charge in [-0.05, 0) is 36.6 Å². The van der Waals surface area contributed by atoms with Gasteiger partial charge in [-0.25, -0.2) is 0 Å². The predicted octanol–water partition coefficient (Wildman–Crippen LogP) is 1.70. The molecule has 2 atom stereocenters. The molecule has 0 radical (unpaired) electrons. The largest absolute Gasteiger partial charge is 0.399 e. The summed E-state index contributed by atoms with van der Waals surface area (Å²) in [4.78, 5) is 11.8. The topological polar surface area (TPSA) is 75.4 Å². The molecule has 0 heterocycles. The van der Waals surface area contributed by atoms with Crippen LogP contribution in [0.15, 0.2) is 30.3 Å². The van der Waals surface area contributed by atoms with Crippen LogP contribution in [-0.2, 0) is 4.79 Å². The molecule has 0 spiro atoms. The van der Waals surface area contributed by atoms with E-state index in [-0.39, 0.29) is 11.9 Å². The minimum Gasteiger partial charge on any atom is -0.399 e. The normalized spacial score (nSPS) is 23.4. The fourth-order valence-corrected chi connectivity index (χ4v) is 2.35. The van der Waals surface area contributed by atoms with Gasteiger partial charge >= 0.3 is 0 Å². The van der Waals surface area contributed by atoms with Gasteiger partial charge in [0.2, 0.25) is 5.91 Å². The van der Waals surface area contributed by atoms with Gasteiger partial charge < -0.3 is 16.2 Å². The quantitative estimate of drug-likeness (QED) is 0.572. The summed E-state index contributed by atoms with van der Waals surface area (Å²) >= 11 is 0. The number of nitrogens with one attached hydrogen (secondary N) is 1. The molecule has 0 unspecified atom stereocenters. The maximum atomic E-state index is 11.8. The molecule has 1 aliphatic carbocycles. The van der Waals surface area contributed by atoms with Crippen LogP contribution in [0.3, 0.4) is 0 Å². The molecule has 1 aromatic carbocycles. The maximum absolute atomic E-state index is 11.8. The third-order valence-electron chi connectivity index (χ3n) is 3.39. The molecule has 2 rings (SSSR count). The Morgan fingerprint density at radius 1 is 1.37 bits per heavy atom. The monoisotopic (exact) mass is 260 g/mol. The SMILES string of the molecule is Nc1cccc(/C=C/C(=O)N[C@@H]2CCCC[C@H]2O)c1. The summed E-state index contributed by atoms with van der Waals surface area (Å²) in [6.07, 6.45) is 6.49. The standard InChI is InChI=1S/C15H20N2O2/c16-12-5-3-4-11(10-12)8-9-15(19)17-13-6-1-2-7-14(13)18/h3-5,8-10,13-14,18H,1-2,6-7,16H2,(H,17,19)/b9-8+/t13-,14-/m1/s1. The molecule has 0 aromatic heterocycles. The van der Waals surface area contributed by atoms with Gasteiger partial charge in [-0.2, -0.15) is 0 Å². The van der Waals surface area contributed by atoms with Gasteiger partial charge in [0.25, 0.3) is 0 Å². The number of hydrogen-bond acceptors (Lipinski definition) is 3. The van der Waals surface area contributed by atoms with E-state index in [2.05, 4.69) is 5.32 Å². The number of nitrogen functional groups attached to an aromatic ring is 1. The van der Waals surface area contributed by atoms with Crippen molar-refractivity contribution in [2.75, 3.05) is 5.73 Å². The first-order valence-corrected chi connectivity index (χ1v) is 6.67. The lowest BCUT2D eigenvalue weighted by atomic mass is 9.92. The van der Waals surface area contributed by atoms with E-state index in [9.17, 15) is 9.90 Å². The second kappa shape index (κ2) is 6.38. The summed E-state index contributed by atoms with van der Waals surface area (Å²) in [5.74, 6) is -0.173. The first-order valence-electron chi connectivity index (χ1n) is 6.67. The van der Waals surface area contributed by atoms with Gasteiger partial charge in [-0.15, -0.1) is 0 Å².